The highest BCUT2D eigenvalue weighted by Crippen LogP contribution is 2.31. The maximum absolute atomic E-state index is 2.34. The van der Waals surface area contributed by atoms with Crippen molar-refractivity contribution in [2.24, 2.45) is 0 Å². The van der Waals surface area contributed by atoms with Crippen molar-refractivity contribution < 1.29 is 0 Å². The highest BCUT2D eigenvalue weighted by Gasteiger charge is 2.07. The average Bonchev–Trinajstić information content (AvgIpc) is 2.68. The van der Waals surface area contributed by atoms with Crippen LogP contribution in [-0.2, 0) is 6.42 Å². The molecule has 4 aromatic carbocycles. The molecule has 0 unspecified atom stereocenters. The molecule has 0 aromatic heterocycles. The Morgan fingerprint density at radius 2 is 1.17 bits per heavy atom. The fourth-order valence-corrected chi connectivity index (χ4v) is 3.33. The standard InChI is InChI=1S/C24H20/c1-2-18-15-23(20-11-7-4-8-12-20)16-22-14-13-21(17-24(18)22)19-9-5-3-6-10-19/h3-17H,2H2,1H3. The first-order valence-corrected chi connectivity index (χ1v) is 8.52. The highest BCUT2D eigenvalue weighted by atomic mass is 14.1. The predicted octanol–water partition coefficient (Wildman–Crippen LogP) is 6.74. The molecule has 0 nitrogen and oxygen atoms in total. The zero-order valence-electron chi connectivity index (χ0n) is 13.9. The molecule has 0 bridgehead atoms. The van der Waals surface area contributed by atoms with Gasteiger partial charge >= 0.3 is 0 Å². The first-order chi connectivity index (χ1) is 11.8. The smallest absolute Gasteiger partial charge is 0.0145 e. The molecule has 116 valence electrons. The number of aryl methyl sites for hydroxylation is 1. The van der Waals surface area contributed by atoms with Crippen LogP contribution in [0.2, 0.25) is 0 Å². The van der Waals surface area contributed by atoms with Crippen molar-refractivity contribution in [2.75, 3.05) is 0 Å². The molecule has 0 N–H and O–H groups in total. The Hall–Kier alpha value is -2.86. The molecule has 4 rings (SSSR count). The molecule has 0 aliphatic carbocycles. The van der Waals surface area contributed by atoms with Crippen LogP contribution in [0.15, 0.2) is 91.0 Å². The third-order valence-corrected chi connectivity index (χ3v) is 4.64. The van der Waals surface area contributed by atoms with Crippen molar-refractivity contribution in [3.05, 3.63) is 96.6 Å². The third kappa shape index (κ3) is 2.72. The van der Waals surface area contributed by atoms with Crippen molar-refractivity contribution in [1.29, 1.82) is 0 Å². The summed E-state index contributed by atoms with van der Waals surface area (Å²) in [5.74, 6) is 0. The molecule has 0 fully saturated rings. The van der Waals surface area contributed by atoms with Crippen LogP contribution in [0.5, 0.6) is 0 Å². The number of hydrogen-bond acceptors (Lipinski definition) is 0. The van der Waals surface area contributed by atoms with Gasteiger partial charge in [0.05, 0.1) is 0 Å². The fraction of sp³-hybridized carbons (Fsp3) is 0.0833. The first kappa shape index (κ1) is 14.7. The largest absolute Gasteiger partial charge is 0.0622 e. The molecule has 0 heteroatoms. The van der Waals surface area contributed by atoms with Crippen molar-refractivity contribution in [3.63, 3.8) is 0 Å². The number of rotatable bonds is 3. The number of hydrogen-bond donors (Lipinski definition) is 0. The lowest BCUT2D eigenvalue weighted by molar-refractivity contribution is 1.16. The van der Waals surface area contributed by atoms with Gasteiger partial charge in [-0.1, -0.05) is 85.8 Å². The molecule has 0 heterocycles. The molecule has 0 atom stereocenters. The zero-order valence-corrected chi connectivity index (χ0v) is 13.9. The lowest BCUT2D eigenvalue weighted by Gasteiger charge is -2.11. The Balaban J connectivity index is 1.89. The van der Waals surface area contributed by atoms with E-state index in [1.807, 2.05) is 0 Å². The van der Waals surface area contributed by atoms with Gasteiger partial charge < -0.3 is 0 Å². The van der Waals surface area contributed by atoms with Crippen LogP contribution in [0.1, 0.15) is 12.5 Å². The van der Waals surface area contributed by atoms with E-state index in [0.29, 0.717) is 0 Å². The average molecular weight is 308 g/mol. The summed E-state index contributed by atoms with van der Waals surface area (Å²) < 4.78 is 0. The second-order valence-corrected chi connectivity index (χ2v) is 6.16. The summed E-state index contributed by atoms with van der Waals surface area (Å²) in [5.41, 5.74) is 6.54. The van der Waals surface area contributed by atoms with Gasteiger partial charge in [0.15, 0.2) is 0 Å². The molecule has 24 heavy (non-hydrogen) atoms. The van der Waals surface area contributed by atoms with Gasteiger partial charge in [0.25, 0.3) is 0 Å². The van der Waals surface area contributed by atoms with Crippen LogP contribution >= 0.6 is 0 Å². The van der Waals surface area contributed by atoms with Gasteiger partial charge in [0, 0.05) is 0 Å². The first-order valence-electron chi connectivity index (χ1n) is 8.52. The van der Waals surface area contributed by atoms with Crippen molar-refractivity contribution in [2.45, 2.75) is 13.3 Å². The van der Waals surface area contributed by atoms with Crippen LogP contribution in [-0.4, -0.2) is 0 Å². The summed E-state index contributed by atoms with van der Waals surface area (Å²) >= 11 is 0. The lowest BCUT2D eigenvalue weighted by Crippen LogP contribution is -1.88. The summed E-state index contributed by atoms with van der Waals surface area (Å²) in [6.45, 7) is 2.23. The van der Waals surface area contributed by atoms with Gasteiger partial charge in [-0.25, -0.2) is 0 Å². The van der Waals surface area contributed by atoms with E-state index in [-0.39, 0.29) is 0 Å². The molecule has 0 spiro atoms. The van der Waals surface area contributed by atoms with Gasteiger partial charge in [-0.3, -0.25) is 0 Å². The van der Waals surface area contributed by atoms with Crippen molar-refractivity contribution in [3.8, 4) is 22.3 Å². The fourth-order valence-electron chi connectivity index (χ4n) is 3.33. The summed E-state index contributed by atoms with van der Waals surface area (Å²) in [4.78, 5) is 0. The number of benzene rings is 4. The van der Waals surface area contributed by atoms with E-state index in [1.54, 1.807) is 0 Å². The lowest BCUT2D eigenvalue weighted by atomic mass is 9.93. The van der Waals surface area contributed by atoms with E-state index in [1.165, 1.54) is 38.6 Å². The molecular formula is C24H20. The summed E-state index contributed by atoms with van der Waals surface area (Å²) in [6, 6.07) is 32.7. The van der Waals surface area contributed by atoms with E-state index in [0.717, 1.165) is 6.42 Å². The van der Waals surface area contributed by atoms with E-state index < -0.39 is 0 Å². The second kappa shape index (κ2) is 6.33. The van der Waals surface area contributed by atoms with Crippen molar-refractivity contribution in [1.82, 2.24) is 0 Å². The molecule has 0 amide bonds. The molecule has 0 saturated carbocycles. The van der Waals surface area contributed by atoms with Crippen LogP contribution in [0, 0.1) is 0 Å². The highest BCUT2D eigenvalue weighted by molar-refractivity contribution is 5.93. The predicted molar refractivity (Wildman–Crippen MR) is 104 cm³/mol. The van der Waals surface area contributed by atoms with Crippen LogP contribution in [0.3, 0.4) is 0 Å². The normalized spacial score (nSPS) is 10.9. The molecule has 0 aliphatic rings. The monoisotopic (exact) mass is 308 g/mol. The van der Waals surface area contributed by atoms with Crippen LogP contribution in [0.4, 0.5) is 0 Å². The topological polar surface area (TPSA) is 0 Å². The SMILES string of the molecule is CCc1cc(-c2ccccc2)cc2ccc(-c3ccccc3)cc12. The van der Waals surface area contributed by atoms with Gasteiger partial charge in [0.2, 0.25) is 0 Å². The van der Waals surface area contributed by atoms with Gasteiger partial charge in [-0.2, -0.15) is 0 Å². The minimum Gasteiger partial charge on any atom is -0.0622 e. The van der Waals surface area contributed by atoms with Gasteiger partial charge in [-0.05, 0) is 57.1 Å². The third-order valence-electron chi connectivity index (χ3n) is 4.64. The quantitative estimate of drug-likeness (QED) is 0.393. The van der Waals surface area contributed by atoms with E-state index in [4.69, 9.17) is 0 Å². The zero-order chi connectivity index (χ0) is 16.4. The molecule has 0 aliphatic heterocycles. The maximum Gasteiger partial charge on any atom is -0.0145 e. The Bertz CT molecular complexity index is 967. The number of fused-ring (bicyclic) bond motifs is 1. The minimum absolute atomic E-state index is 1.04. The molecule has 0 saturated heterocycles. The molecular weight excluding hydrogens is 288 g/mol. The van der Waals surface area contributed by atoms with Gasteiger partial charge in [-0.15, -0.1) is 0 Å². The molecule has 0 radical (unpaired) electrons. The van der Waals surface area contributed by atoms with E-state index >= 15 is 0 Å². The Morgan fingerprint density at radius 3 is 1.79 bits per heavy atom. The summed E-state index contributed by atoms with van der Waals surface area (Å²) in [7, 11) is 0. The minimum atomic E-state index is 1.04. The summed E-state index contributed by atoms with van der Waals surface area (Å²) in [6.07, 6.45) is 1.04. The van der Waals surface area contributed by atoms with Crippen LogP contribution in [0.25, 0.3) is 33.0 Å². The second-order valence-electron chi connectivity index (χ2n) is 6.16. The van der Waals surface area contributed by atoms with Crippen molar-refractivity contribution >= 4 is 10.8 Å². The summed E-state index contributed by atoms with van der Waals surface area (Å²) in [5, 5.41) is 2.67. The molecule has 4 aromatic rings. The van der Waals surface area contributed by atoms with E-state index in [9.17, 15) is 0 Å². The van der Waals surface area contributed by atoms with Gasteiger partial charge in [0.1, 0.15) is 0 Å². The Morgan fingerprint density at radius 1 is 0.542 bits per heavy atom. The van der Waals surface area contributed by atoms with E-state index in [2.05, 4.69) is 97.9 Å². The Kier molecular flexibility index (Phi) is 3.88. The van der Waals surface area contributed by atoms with Crippen LogP contribution < -0.4 is 0 Å². The maximum atomic E-state index is 2.34. The Labute approximate surface area is 143 Å².